The lowest BCUT2D eigenvalue weighted by Gasteiger charge is -2.19. The Hall–Kier alpha value is -3.49. The number of hydrogen-bond acceptors (Lipinski definition) is 4. The third kappa shape index (κ3) is 3.39. The fraction of sp³-hybridized carbons (Fsp3) is 0.318. The van der Waals surface area contributed by atoms with Gasteiger partial charge in [0.15, 0.2) is 11.5 Å². The lowest BCUT2D eigenvalue weighted by Crippen LogP contribution is -2.20. The highest BCUT2D eigenvalue weighted by Gasteiger charge is 2.25. The molecule has 4 aromatic rings. The number of carbonyl (C=O) groups excluding carboxylic acids is 1. The molecule has 7 nitrogen and oxygen atoms in total. The number of benzene rings is 1. The van der Waals surface area contributed by atoms with Gasteiger partial charge in [0.05, 0.1) is 16.9 Å². The minimum Gasteiger partial charge on any atom is -0.368 e. The molecular weight excluding hydrogens is 402 g/mol. The molecule has 1 aromatic carbocycles. The predicted molar refractivity (Wildman–Crippen MR) is 115 cm³/mol. The second-order valence-corrected chi connectivity index (χ2v) is 7.86. The third-order valence-electron chi connectivity index (χ3n) is 5.63. The van der Waals surface area contributed by atoms with Crippen LogP contribution < -0.4 is 10.2 Å². The molecule has 0 saturated carbocycles. The summed E-state index contributed by atoms with van der Waals surface area (Å²) in [6, 6.07) is 4.78. The molecular formula is C22H22F2N6O. The molecule has 1 fully saturated rings. The van der Waals surface area contributed by atoms with Crippen molar-refractivity contribution in [3.63, 3.8) is 0 Å². The first-order valence-corrected chi connectivity index (χ1v) is 10.3. The minimum atomic E-state index is -0.851. The van der Waals surface area contributed by atoms with Crippen molar-refractivity contribution in [1.82, 2.24) is 19.2 Å². The maximum atomic E-state index is 14.4. The van der Waals surface area contributed by atoms with E-state index in [4.69, 9.17) is 0 Å². The predicted octanol–water partition coefficient (Wildman–Crippen LogP) is 3.95. The van der Waals surface area contributed by atoms with Crippen molar-refractivity contribution in [2.75, 3.05) is 23.3 Å². The first kappa shape index (κ1) is 19.5. The molecule has 0 aliphatic carbocycles. The number of nitrogens with one attached hydrogen (secondary N) is 1. The van der Waals surface area contributed by atoms with Crippen molar-refractivity contribution in [2.24, 2.45) is 0 Å². The van der Waals surface area contributed by atoms with Crippen LogP contribution in [0.1, 0.15) is 29.4 Å². The summed E-state index contributed by atoms with van der Waals surface area (Å²) in [6.45, 7) is 5.34. The SMILES string of the molecule is CCn1cc2c(N3CCC(F)C3)ccc(C(=O)Nc3cc(F)c4nc(C)cn4c3)c2n1. The molecule has 0 spiro atoms. The number of aromatic nitrogens is 4. The highest BCUT2D eigenvalue weighted by atomic mass is 19.1. The van der Waals surface area contributed by atoms with Crippen LogP contribution >= 0.6 is 0 Å². The Balaban J connectivity index is 1.52. The van der Waals surface area contributed by atoms with Crippen LogP contribution in [0.3, 0.4) is 0 Å². The van der Waals surface area contributed by atoms with Gasteiger partial charge in [0, 0.05) is 55.4 Å². The number of anilines is 2. The number of hydrogen-bond donors (Lipinski definition) is 1. The molecule has 1 aliphatic heterocycles. The van der Waals surface area contributed by atoms with Gasteiger partial charge in [0.2, 0.25) is 0 Å². The Bertz CT molecular complexity index is 1310. The highest BCUT2D eigenvalue weighted by molar-refractivity contribution is 6.13. The highest BCUT2D eigenvalue weighted by Crippen LogP contribution is 2.32. The first-order chi connectivity index (χ1) is 14.9. The van der Waals surface area contributed by atoms with Crippen LogP contribution in [-0.2, 0) is 6.54 Å². The molecule has 1 saturated heterocycles. The number of nitrogens with zero attached hydrogens (tertiary/aromatic N) is 5. The fourth-order valence-corrected chi connectivity index (χ4v) is 4.14. The smallest absolute Gasteiger partial charge is 0.257 e. The summed E-state index contributed by atoms with van der Waals surface area (Å²) in [7, 11) is 0. The zero-order valence-electron chi connectivity index (χ0n) is 17.3. The van der Waals surface area contributed by atoms with Gasteiger partial charge in [-0.15, -0.1) is 0 Å². The van der Waals surface area contributed by atoms with E-state index in [0.29, 0.717) is 48.5 Å². The van der Waals surface area contributed by atoms with Crippen LogP contribution in [0.25, 0.3) is 16.6 Å². The molecule has 1 unspecified atom stereocenters. The number of rotatable bonds is 4. The van der Waals surface area contributed by atoms with Crippen LogP contribution in [0.4, 0.5) is 20.2 Å². The van der Waals surface area contributed by atoms with E-state index in [1.165, 1.54) is 6.07 Å². The van der Waals surface area contributed by atoms with Gasteiger partial charge in [-0.25, -0.2) is 13.8 Å². The van der Waals surface area contributed by atoms with E-state index in [2.05, 4.69) is 15.4 Å². The third-order valence-corrected chi connectivity index (χ3v) is 5.63. The molecule has 1 atom stereocenters. The lowest BCUT2D eigenvalue weighted by atomic mass is 10.1. The van der Waals surface area contributed by atoms with Crippen LogP contribution in [0.2, 0.25) is 0 Å². The molecule has 5 rings (SSSR count). The van der Waals surface area contributed by atoms with Crippen LogP contribution in [0.5, 0.6) is 0 Å². The maximum Gasteiger partial charge on any atom is 0.257 e. The lowest BCUT2D eigenvalue weighted by molar-refractivity contribution is 0.102. The molecule has 1 N–H and O–H groups in total. The second kappa shape index (κ2) is 7.33. The van der Waals surface area contributed by atoms with Gasteiger partial charge in [-0.2, -0.15) is 5.10 Å². The number of alkyl halides is 1. The minimum absolute atomic E-state index is 0.209. The standard InChI is InChI=1S/C22H22F2N6O/c1-3-30-12-17-19(28-7-6-14(23)10-28)5-4-16(20(17)27-30)22(31)26-15-8-18(24)21-25-13(2)9-29(21)11-15/h4-5,8-9,11-12,14H,3,6-7,10H2,1-2H3,(H,26,31). The Morgan fingerprint density at radius 3 is 2.87 bits per heavy atom. The monoisotopic (exact) mass is 424 g/mol. The summed E-state index contributed by atoms with van der Waals surface area (Å²) in [5.74, 6) is -0.908. The number of halogens is 2. The van der Waals surface area contributed by atoms with Crippen LogP contribution in [-0.4, -0.2) is 44.3 Å². The van der Waals surface area contributed by atoms with E-state index in [-0.39, 0.29) is 5.65 Å². The van der Waals surface area contributed by atoms with Crippen molar-refractivity contribution in [2.45, 2.75) is 33.0 Å². The summed E-state index contributed by atoms with van der Waals surface area (Å²) < 4.78 is 31.5. The van der Waals surface area contributed by atoms with Gasteiger partial charge in [0.1, 0.15) is 11.7 Å². The molecule has 0 bridgehead atoms. The molecule has 160 valence electrons. The molecule has 0 radical (unpaired) electrons. The normalized spacial score (nSPS) is 16.5. The van der Waals surface area contributed by atoms with E-state index >= 15 is 0 Å². The Labute approximate surface area is 177 Å². The maximum absolute atomic E-state index is 14.4. The van der Waals surface area contributed by atoms with E-state index in [0.717, 1.165) is 11.1 Å². The summed E-state index contributed by atoms with van der Waals surface area (Å²) in [6.07, 6.45) is 4.84. The molecule has 31 heavy (non-hydrogen) atoms. The van der Waals surface area contributed by atoms with Gasteiger partial charge in [-0.3, -0.25) is 9.48 Å². The first-order valence-electron chi connectivity index (χ1n) is 10.3. The van der Waals surface area contributed by atoms with Crippen molar-refractivity contribution in [3.8, 4) is 0 Å². The number of carbonyl (C=O) groups is 1. The second-order valence-electron chi connectivity index (χ2n) is 7.86. The molecule has 9 heteroatoms. The molecule has 1 aliphatic rings. The van der Waals surface area contributed by atoms with Crippen LogP contribution in [0.15, 0.2) is 36.8 Å². The van der Waals surface area contributed by atoms with E-state index in [1.807, 2.05) is 24.1 Å². The van der Waals surface area contributed by atoms with Gasteiger partial charge in [0.25, 0.3) is 5.91 Å². The number of imidazole rings is 1. The van der Waals surface area contributed by atoms with Gasteiger partial charge >= 0.3 is 0 Å². The number of aryl methyl sites for hydroxylation is 2. The Kier molecular flexibility index (Phi) is 4.60. The average Bonchev–Trinajstić information content (AvgIpc) is 3.44. The van der Waals surface area contributed by atoms with Crippen molar-refractivity contribution in [3.05, 3.63) is 53.9 Å². The molecule has 4 heterocycles. The number of amides is 1. The summed E-state index contributed by atoms with van der Waals surface area (Å²) in [5, 5.41) is 8.13. The topological polar surface area (TPSA) is 67.5 Å². The van der Waals surface area contributed by atoms with E-state index in [9.17, 15) is 13.6 Å². The van der Waals surface area contributed by atoms with Gasteiger partial charge in [-0.1, -0.05) is 0 Å². The van der Waals surface area contributed by atoms with Crippen LogP contribution in [0, 0.1) is 12.7 Å². The van der Waals surface area contributed by atoms with Gasteiger partial charge in [-0.05, 0) is 32.4 Å². The average molecular weight is 424 g/mol. The fourth-order valence-electron chi connectivity index (χ4n) is 4.14. The van der Waals surface area contributed by atoms with Crippen molar-refractivity contribution < 1.29 is 13.6 Å². The van der Waals surface area contributed by atoms with E-state index < -0.39 is 17.9 Å². The van der Waals surface area contributed by atoms with Crippen molar-refractivity contribution in [1.29, 1.82) is 0 Å². The number of fused-ring (bicyclic) bond motifs is 2. The Morgan fingerprint density at radius 2 is 2.13 bits per heavy atom. The molecule has 3 aromatic heterocycles. The number of pyridine rings is 1. The summed E-state index contributed by atoms with van der Waals surface area (Å²) in [4.78, 5) is 19.2. The summed E-state index contributed by atoms with van der Waals surface area (Å²) >= 11 is 0. The van der Waals surface area contributed by atoms with E-state index in [1.54, 1.807) is 34.5 Å². The largest absolute Gasteiger partial charge is 0.368 e. The van der Waals surface area contributed by atoms with Crippen molar-refractivity contribution >= 4 is 33.8 Å². The quantitative estimate of drug-likeness (QED) is 0.539. The Morgan fingerprint density at radius 1 is 1.29 bits per heavy atom. The zero-order valence-corrected chi connectivity index (χ0v) is 17.3. The summed E-state index contributed by atoms with van der Waals surface area (Å²) in [5.41, 5.74) is 3.00. The molecule has 1 amide bonds. The van der Waals surface area contributed by atoms with Gasteiger partial charge < -0.3 is 14.6 Å². The zero-order chi connectivity index (χ0) is 21.7.